The van der Waals surface area contributed by atoms with Gasteiger partial charge in [-0.15, -0.1) is 0 Å². The molecule has 2 amide bonds. The number of fused-ring (bicyclic) bond motifs is 1. The Morgan fingerprint density at radius 3 is 2.71 bits per heavy atom. The van der Waals surface area contributed by atoms with E-state index in [1.54, 1.807) is 12.1 Å². The maximum atomic E-state index is 12.6. The van der Waals surface area contributed by atoms with Gasteiger partial charge >= 0.3 is 5.63 Å². The van der Waals surface area contributed by atoms with Crippen molar-refractivity contribution in [3.63, 3.8) is 0 Å². The van der Waals surface area contributed by atoms with Gasteiger partial charge in [0.1, 0.15) is 17.4 Å². The van der Waals surface area contributed by atoms with E-state index in [1.165, 1.54) is 4.90 Å². The molecule has 2 aromatic carbocycles. The average Bonchev–Trinajstić information content (AvgIpc) is 3.26. The minimum atomic E-state index is -0.573. The molecule has 4 rings (SSSR count). The van der Waals surface area contributed by atoms with Crippen molar-refractivity contribution >= 4 is 22.8 Å². The SMILES string of the molecule is Cc1c(Cc2ccccc2)c(=O)oc2cc(OCC(=O)N3CCCC3C(N)=O)ccc12. The van der Waals surface area contributed by atoms with E-state index >= 15 is 0 Å². The fourth-order valence-corrected chi connectivity index (χ4v) is 4.06. The van der Waals surface area contributed by atoms with Gasteiger partial charge in [0.2, 0.25) is 5.91 Å². The van der Waals surface area contributed by atoms with Crippen LogP contribution in [0.2, 0.25) is 0 Å². The van der Waals surface area contributed by atoms with Gasteiger partial charge in [-0.1, -0.05) is 30.3 Å². The summed E-state index contributed by atoms with van der Waals surface area (Å²) >= 11 is 0. The fourth-order valence-electron chi connectivity index (χ4n) is 4.06. The van der Waals surface area contributed by atoms with Crippen molar-refractivity contribution in [2.75, 3.05) is 13.2 Å². The second-order valence-corrected chi connectivity index (χ2v) is 7.75. The van der Waals surface area contributed by atoms with Crippen molar-refractivity contribution in [3.05, 3.63) is 75.6 Å². The Labute approximate surface area is 179 Å². The molecule has 1 saturated heterocycles. The summed E-state index contributed by atoms with van der Waals surface area (Å²) < 4.78 is 11.2. The maximum absolute atomic E-state index is 12.6. The zero-order chi connectivity index (χ0) is 22.0. The van der Waals surface area contributed by atoms with Crippen LogP contribution in [0.5, 0.6) is 5.75 Å². The van der Waals surface area contributed by atoms with Crippen LogP contribution in [0.3, 0.4) is 0 Å². The van der Waals surface area contributed by atoms with Crippen molar-refractivity contribution in [3.8, 4) is 5.75 Å². The van der Waals surface area contributed by atoms with E-state index in [0.29, 0.717) is 36.3 Å². The smallest absolute Gasteiger partial charge is 0.340 e. The number of ether oxygens (including phenoxy) is 1. The summed E-state index contributed by atoms with van der Waals surface area (Å²) in [5, 5.41) is 0.817. The van der Waals surface area contributed by atoms with Gasteiger partial charge in [-0.25, -0.2) is 4.79 Å². The molecule has 1 aliphatic rings. The number of hydrogen-bond donors (Lipinski definition) is 1. The van der Waals surface area contributed by atoms with E-state index in [1.807, 2.05) is 43.3 Å². The molecule has 31 heavy (non-hydrogen) atoms. The third kappa shape index (κ3) is 4.30. The summed E-state index contributed by atoms with van der Waals surface area (Å²) in [6.07, 6.45) is 1.81. The molecule has 1 fully saturated rings. The third-order valence-corrected chi connectivity index (χ3v) is 5.75. The first-order valence-electron chi connectivity index (χ1n) is 10.3. The lowest BCUT2D eigenvalue weighted by Gasteiger charge is -2.22. The highest BCUT2D eigenvalue weighted by Crippen LogP contribution is 2.25. The van der Waals surface area contributed by atoms with Gasteiger partial charge in [0.15, 0.2) is 6.61 Å². The normalized spacial score (nSPS) is 15.9. The van der Waals surface area contributed by atoms with Crippen LogP contribution in [-0.4, -0.2) is 35.9 Å². The third-order valence-electron chi connectivity index (χ3n) is 5.75. The molecule has 0 spiro atoms. The predicted molar refractivity (Wildman–Crippen MR) is 116 cm³/mol. The van der Waals surface area contributed by atoms with Crippen molar-refractivity contribution in [1.82, 2.24) is 4.90 Å². The Hall–Kier alpha value is -3.61. The van der Waals surface area contributed by atoms with E-state index in [2.05, 4.69) is 0 Å². The number of likely N-dealkylation sites (tertiary alicyclic amines) is 1. The second-order valence-electron chi connectivity index (χ2n) is 7.75. The highest BCUT2D eigenvalue weighted by Gasteiger charge is 2.32. The molecule has 160 valence electrons. The van der Waals surface area contributed by atoms with Crippen LogP contribution >= 0.6 is 0 Å². The molecule has 0 bridgehead atoms. The molecule has 7 nitrogen and oxygen atoms in total. The topological polar surface area (TPSA) is 103 Å². The number of nitrogens with two attached hydrogens (primary N) is 1. The highest BCUT2D eigenvalue weighted by atomic mass is 16.5. The van der Waals surface area contributed by atoms with Crippen molar-refractivity contribution in [2.24, 2.45) is 5.73 Å². The zero-order valence-corrected chi connectivity index (χ0v) is 17.3. The summed E-state index contributed by atoms with van der Waals surface area (Å²) in [6, 6.07) is 14.4. The van der Waals surface area contributed by atoms with Crippen LogP contribution in [0, 0.1) is 6.92 Å². The molecule has 0 saturated carbocycles. The number of carbonyl (C=O) groups excluding carboxylic acids is 2. The Morgan fingerprint density at radius 1 is 1.19 bits per heavy atom. The standard InChI is InChI=1S/C24H24N2O5/c1-15-18-10-9-17(30-14-22(27)26-11-5-8-20(26)23(25)28)13-21(18)31-24(29)19(15)12-16-6-3-2-4-7-16/h2-4,6-7,9-10,13,20H,5,8,11-12,14H2,1H3,(H2,25,28). The van der Waals surface area contributed by atoms with E-state index < -0.39 is 11.9 Å². The lowest BCUT2D eigenvalue weighted by atomic mass is 10.00. The molecule has 1 atom stereocenters. The largest absolute Gasteiger partial charge is 0.484 e. The van der Waals surface area contributed by atoms with Crippen LogP contribution < -0.4 is 16.1 Å². The summed E-state index contributed by atoms with van der Waals surface area (Å²) in [7, 11) is 0. The monoisotopic (exact) mass is 420 g/mol. The Kier molecular flexibility index (Phi) is 5.75. The number of amides is 2. The lowest BCUT2D eigenvalue weighted by molar-refractivity contribution is -0.138. The first kappa shape index (κ1) is 20.7. The number of carbonyl (C=O) groups is 2. The summed E-state index contributed by atoms with van der Waals surface area (Å²) in [4.78, 5) is 38.0. The Bertz CT molecular complexity index is 1190. The molecular formula is C24H24N2O5. The first-order chi connectivity index (χ1) is 14.9. The van der Waals surface area contributed by atoms with Crippen molar-refractivity contribution in [2.45, 2.75) is 32.2 Å². The Balaban J connectivity index is 1.52. The van der Waals surface area contributed by atoms with Crippen LogP contribution in [0.25, 0.3) is 11.0 Å². The summed E-state index contributed by atoms with van der Waals surface area (Å²) in [5.74, 6) is -0.383. The van der Waals surface area contributed by atoms with Crippen molar-refractivity contribution in [1.29, 1.82) is 0 Å². The van der Waals surface area contributed by atoms with Crippen LogP contribution in [-0.2, 0) is 16.0 Å². The molecule has 2 N–H and O–H groups in total. The van der Waals surface area contributed by atoms with E-state index in [-0.39, 0.29) is 18.1 Å². The molecule has 1 aromatic heterocycles. The second kappa shape index (κ2) is 8.63. The van der Waals surface area contributed by atoms with Gasteiger partial charge in [-0.05, 0) is 43.0 Å². The van der Waals surface area contributed by atoms with E-state index in [9.17, 15) is 14.4 Å². The molecule has 2 heterocycles. The van der Waals surface area contributed by atoms with Gasteiger partial charge in [0.05, 0.1) is 0 Å². The molecule has 1 unspecified atom stereocenters. The predicted octanol–water partition coefficient (Wildman–Crippen LogP) is 2.55. The molecule has 0 radical (unpaired) electrons. The molecule has 0 aliphatic carbocycles. The molecule has 1 aliphatic heterocycles. The molecular weight excluding hydrogens is 396 g/mol. The quantitative estimate of drug-likeness (QED) is 0.618. The van der Waals surface area contributed by atoms with Gasteiger partial charge in [0.25, 0.3) is 5.91 Å². The van der Waals surface area contributed by atoms with E-state index in [4.69, 9.17) is 14.9 Å². The number of hydrogen-bond acceptors (Lipinski definition) is 5. The highest BCUT2D eigenvalue weighted by molar-refractivity contribution is 5.88. The summed E-state index contributed by atoms with van der Waals surface area (Å²) in [5.41, 5.74) is 7.90. The fraction of sp³-hybridized carbons (Fsp3) is 0.292. The van der Waals surface area contributed by atoms with Crippen LogP contribution in [0.4, 0.5) is 0 Å². The Morgan fingerprint density at radius 2 is 1.97 bits per heavy atom. The zero-order valence-electron chi connectivity index (χ0n) is 17.3. The minimum Gasteiger partial charge on any atom is -0.484 e. The van der Waals surface area contributed by atoms with E-state index in [0.717, 1.165) is 22.9 Å². The van der Waals surface area contributed by atoms with Gasteiger partial charge in [-0.3, -0.25) is 9.59 Å². The lowest BCUT2D eigenvalue weighted by Crippen LogP contribution is -2.45. The number of primary amides is 1. The average molecular weight is 420 g/mol. The summed E-state index contributed by atoms with van der Waals surface area (Å²) in [6.45, 7) is 2.18. The first-order valence-corrected chi connectivity index (χ1v) is 10.3. The number of aryl methyl sites for hydroxylation is 1. The van der Waals surface area contributed by atoms with Crippen LogP contribution in [0.15, 0.2) is 57.7 Å². The van der Waals surface area contributed by atoms with Crippen LogP contribution in [0.1, 0.15) is 29.5 Å². The van der Waals surface area contributed by atoms with Gasteiger partial charge in [-0.2, -0.15) is 0 Å². The molecule has 3 aromatic rings. The minimum absolute atomic E-state index is 0.218. The molecule has 7 heteroatoms. The maximum Gasteiger partial charge on any atom is 0.340 e. The number of nitrogens with zero attached hydrogens (tertiary/aromatic N) is 1. The van der Waals surface area contributed by atoms with Crippen molar-refractivity contribution < 1.29 is 18.7 Å². The van der Waals surface area contributed by atoms with Gasteiger partial charge < -0.3 is 19.8 Å². The number of benzene rings is 2. The number of rotatable bonds is 6. The van der Waals surface area contributed by atoms with Gasteiger partial charge in [0, 0.05) is 30.0 Å².